The average Bonchev–Trinajstić information content (AvgIpc) is 2.78. The second-order valence-corrected chi connectivity index (χ2v) is 6.30. The van der Waals surface area contributed by atoms with Crippen molar-refractivity contribution in [2.45, 2.75) is 32.4 Å². The topological polar surface area (TPSA) is 67.2 Å². The molecule has 7 heteroatoms. The first-order valence-corrected chi connectivity index (χ1v) is 8.29. The Kier molecular flexibility index (Phi) is 8.14. The van der Waals surface area contributed by atoms with Crippen LogP contribution in [0.4, 0.5) is 0 Å². The molecule has 1 aliphatic rings. The maximum atomic E-state index is 11.8. The van der Waals surface area contributed by atoms with E-state index in [-0.39, 0.29) is 18.3 Å². The first-order valence-electron chi connectivity index (χ1n) is 7.13. The molecule has 21 heavy (non-hydrogen) atoms. The van der Waals surface area contributed by atoms with Crippen LogP contribution in [-0.2, 0) is 10.5 Å². The molecule has 120 valence electrons. The minimum absolute atomic E-state index is 0. The van der Waals surface area contributed by atoms with E-state index in [4.69, 9.17) is 4.52 Å². The number of carbonyl (C=O) groups excluding carboxylic acids is 1. The number of rotatable bonds is 6. The van der Waals surface area contributed by atoms with Gasteiger partial charge < -0.3 is 15.2 Å². The van der Waals surface area contributed by atoms with Gasteiger partial charge in [0.05, 0.1) is 11.4 Å². The number of aromatic nitrogens is 1. The van der Waals surface area contributed by atoms with E-state index in [9.17, 15) is 4.79 Å². The summed E-state index contributed by atoms with van der Waals surface area (Å²) in [6.45, 7) is 6.76. The zero-order valence-electron chi connectivity index (χ0n) is 12.6. The molecule has 1 fully saturated rings. The van der Waals surface area contributed by atoms with E-state index >= 15 is 0 Å². The zero-order chi connectivity index (χ0) is 14.4. The van der Waals surface area contributed by atoms with E-state index in [1.54, 1.807) is 11.8 Å². The van der Waals surface area contributed by atoms with Gasteiger partial charge in [-0.3, -0.25) is 4.79 Å². The van der Waals surface area contributed by atoms with Crippen molar-refractivity contribution < 1.29 is 9.32 Å². The van der Waals surface area contributed by atoms with Crippen molar-refractivity contribution in [3.05, 3.63) is 17.0 Å². The lowest BCUT2D eigenvalue weighted by atomic mass is 10.00. The van der Waals surface area contributed by atoms with Gasteiger partial charge in [0.25, 0.3) is 0 Å². The SMILES string of the molecule is Cc1noc(C)c1CSCC(=O)NCC1CCCNC1.Cl. The second-order valence-electron chi connectivity index (χ2n) is 5.31. The maximum absolute atomic E-state index is 11.8. The normalized spacial score (nSPS) is 18.1. The summed E-state index contributed by atoms with van der Waals surface area (Å²) in [5, 5.41) is 10.3. The van der Waals surface area contributed by atoms with Crippen molar-refractivity contribution in [3.63, 3.8) is 0 Å². The molecule has 2 heterocycles. The van der Waals surface area contributed by atoms with Gasteiger partial charge in [-0.2, -0.15) is 0 Å². The smallest absolute Gasteiger partial charge is 0.230 e. The van der Waals surface area contributed by atoms with Gasteiger partial charge >= 0.3 is 0 Å². The van der Waals surface area contributed by atoms with Gasteiger partial charge in [-0.05, 0) is 45.7 Å². The van der Waals surface area contributed by atoms with Crippen molar-refractivity contribution >= 4 is 30.1 Å². The number of hydrogen-bond acceptors (Lipinski definition) is 5. The molecule has 2 rings (SSSR count). The summed E-state index contributed by atoms with van der Waals surface area (Å²) in [6, 6.07) is 0. The number of nitrogens with zero attached hydrogens (tertiary/aromatic N) is 1. The molecular formula is C14H24ClN3O2S. The number of hydrogen-bond donors (Lipinski definition) is 2. The maximum Gasteiger partial charge on any atom is 0.230 e. The Labute approximate surface area is 136 Å². The molecule has 1 saturated heterocycles. The standard InChI is InChI=1S/C14H23N3O2S.ClH/c1-10-13(11(2)19-17-10)8-20-9-14(18)16-7-12-4-3-5-15-6-12;/h12,15H,3-9H2,1-2H3,(H,16,18);1H. The molecule has 5 nitrogen and oxygen atoms in total. The molecule has 1 amide bonds. The summed E-state index contributed by atoms with van der Waals surface area (Å²) >= 11 is 1.61. The third-order valence-corrected chi connectivity index (χ3v) is 4.61. The van der Waals surface area contributed by atoms with Crippen LogP contribution in [0.5, 0.6) is 0 Å². The van der Waals surface area contributed by atoms with Crippen molar-refractivity contribution in [3.8, 4) is 0 Å². The van der Waals surface area contributed by atoms with E-state index in [1.165, 1.54) is 12.8 Å². The molecule has 2 N–H and O–H groups in total. The molecule has 1 atom stereocenters. The fraction of sp³-hybridized carbons (Fsp3) is 0.714. The highest BCUT2D eigenvalue weighted by atomic mass is 35.5. The number of piperidine rings is 1. The van der Waals surface area contributed by atoms with E-state index < -0.39 is 0 Å². The highest BCUT2D eigenvalue weighted by Gasteiger charge is 2.14. The quantitative estimate of drug-likeness (QED) is 0.834. The van der Waals surface area contributed by atoms with Gasteiger partial charge in [0.2, 0.25) is 5.91 Å². The van der Waals surface area contributed by atoms with Gasteiger partial charge in [-0.25, -0.2) is 0 Å². The Hall–Kier alpha value is -0.720. The number of nitrogens with one attached hydrogen (secondary N) is 2. The van der Waals surface area contributed by atoms with E-state index in [2.05, 4.69) is 15.8 Å². The summed E-state index contributed by atoms with van der Waals surface area (Å²) in [5.41, 5.74) is 2.03. The molecule has 1 aliphatic heterocycles. The summed E-state index contributed by atoms with van der Waals surface area (Å²) < 4.78 is 5.11. The van der Waals surface area contributed by atoms with Crippen LogP contribution in [0.25, 0.3) is 0 Å². The first kappa shape index (κ1) is 18.3. The zero-order valence-corrected chi connectivity index (χ0v) is 14.2. The molecule has 0 spiro atoms. The largest absolute Gasteiger partial charge is 0.361 e. The van der Waals surface area contributed by atoms with Crippen LogP contribution in [-0.4, -0.2) is 36.5 Å². The molecule has 1 aromatic heterocycles. The van der Waals surface area contributed by atoms with Crippen molar-refractivity contribution in [1.29, 1.82) is 0 Å². The van der Waals surface area contributed by atoms with Crippen LogP contribution in [0.1, 0.15) is 29.9 Å². The Balaban J connectivity index is 0.00000220. The summed E-state index contributed by atoms with van der Waals surface area (Å²) in [4.78, 5) is 11.8. The van der Waals surface area contributed by atoms with Gasteiger partial charge in [-0.15, -0.1) is 24.2 Å². The highest BCUT2D eigenvalue weighted by molar-refractivity contribution is 7.99. The fourth-order valence-corrected chi connectivity index (χ4v) is 3.37. The summed E-state index contributed by atoms with van der Waals surface area (Å²) in [7, 11) is 0. The number of aryl methyl sites for hydroxylation is 2. The van der Waals surface area contributed by atoms with Gasteiger partial charge in [0, 0.05) is 17.9 Å². The van der Waals surface area contributed by atoms with Gasteiger partial charge in [-0.1, -0.05) is 5.16 Å². The predicted molar refractivity (Wildman–Crippen MR) is 88.0 cm³/mol. The Morgan fingerprint density at radius 3 is 2.95 bits per heavy atom. The van der Waals surface area contributed by atoms with Crippen molar-refractivity contribution in [1.82, 2.24) is 15.8 Å². The molecule has 1 unspecified atom stereocenters. The molecule has 0 aromatic carbocycles. The molecule has 1 aromatic rings. The van der Waals surface area contributed by atoms with Crippen LogP contribution in [0.15, 0.2) is 4.52 Å². The first-order chi connectivity index (χ1) is 9.66. The molecule has 0 radical (unpaired) electrons. The monoisotopic (exact) mass is 333 g/mol. The lowest BCUT2D eigenvalue weighted by molar-refractivity contribution is -0.118. The molecule has 0 bridgehead atoms. The summed E-state index contributed by atoms with van der Waals surface area (Å²) in [5.74, 6) is 2.82. The van der Waals surface area contributed by atoms with Crippen molar-refractivity contribution in [2.75, 3.05) is 25.4 Å². The Bertz CT molecular complexity index is 428. The number of halogens is 1. The predicted octanol–water partition coefficient (Wildman–Crippen LogP) is 2.06. The van der Waals surface area contributed by atoms with Crippen LogP contribution >= 0.6 is 24.2 Å². The lowest BCUT2D eigenvalue weighted by Gasteiger charge is -2.22. The number of amides is 1. The highest BCUT2D eigenvalue weighted by Crippen LogP contribution is 2.19. The Morgan fingerprint density at radius 2 is 2.33 bits per heavy atom. The van der Waals surface area contributed by atoms with E-state index in [0.29, 0.717) is 11.7 Å². The average molecular weight is 334 g/mol. The van der Waals surface area contributed by atoms with E-state index in [0.717, 1.165) is 42.4 Å². The fourth-order valence-electron chi connectivity index (χ4n) is 2.36. The van der Waals surface area contributed by atoms with Crippen molar-refractivity contribution in [2.24, 2.45) is 5.92 Å². The Morgan fingerprint density at radius 1 is 1.52 bits per heavy atom. The van der Waals surface area contributed by atoms with Gasteiger partial charge in [0.1, 0.15) is 5.76 Å². The molecule has 0 saturated carbocycles. The summed E-state index contributed by atoms with van der Waals surface area (Å²) in [6.07, 6.45) is 2.42. The number of thioether (sulfide) groups is 1. The van der Waals surface area contributed by atoms with Crippen LogP contribution in [0, 0.1) is 19.8 Å². The third-order valence-electron chi connectivity index (χ3n) is 3.65. The molecular weight excluding hydrogens is 310 g/mol. The van der Waals surface area contributed by atoms with Crippen LogP contribution in [0.3, 0.4) is 0 Å². The minimum atomic E-state index is 0. The van der Waals surface area contributed by atoms with Crippen LogP contribution < -0.4 is 10.6 Å². The minimum Gasteiger partial charge on any atom is -0.361 e. The van der Waals surface area contributed by atoms with Crippen LogP contribution in [0.2, 0.25) is 0 Å². The van der Waals surface area contributed by atoms with E-state index in [1.807, 2.05) is 13.8 Å². The molecule has 0 aliphatic carbocycles. The van der Waals surface area contributed by atoms with Gasteiger partial charge in [0.15, 0.2) is 0 Å². The number of carbonyl (C=O) groups is 1. The lowest BCUT2D eigenvalue weighted by Crippen LogP contribution is -2.38. The second kappa shape index (κ2) is 9.33. The third kappa shape index (κ3) is 5.88.